The van der Waals surface area contributed by atoms with E-state index in [1.54, 1.807) is 0 Å². The molecule has 0 radical (unpaired) electrons. The summed E-state index contributed by atoms with van der Waals surface area (Å²) in [6, 6.07) is 1.97. The lowest BCUT2D eigenvalue weighted by atomic mass is 10.3. The summed E-state index contributed by atoms with van der Waals surface area (Å²) in [6.07, 6.45) is 2.41. The van der Waals surface area contributed by atoms with Crippen LogP contribution < -0.4 is 15.5 Å². The SMILES string of the molecule is CCCc1nc(NCC)cc(N2CCNC(=O)CC2)n1. The Hall–Kier alpha value is -1.85. The first-order chi connectivity index (χ1) is 9.72. The van der Waals surface area contributed by atoms with Gasteiger partial charge >= 0.3 is 0 Å². The second-order valence-electron chi connectivity index (χ2n) is 4.89. The number of hydrogen-bond acceptors (Lipinski definition) is 5. The Morgan fingerprint density at radius 2 is 2.20 bits per heavy atom. The molecule has 0 spiro atoms. The lowest BCUT2D eigenvalue weighted by molar-refractivity contribution is -0.120. The standard InChI is InChI=1S/C14H23N5O/c1-3-5-11-17-12(15-4-2)10-13(18-11)19-8-6-14(20)16-7-9-19/h10H,3-9H2,1-2H3,(H,16,20)(H,15,17,18). The Morgan fingerprint density at radius 1 is 1.35 bits per heavy atom. The lowest BCUT2D eigenvalue weighted by Crippen LogP contribution is -2.29. The normalized spacial score (nSPS) is 15.7. The number of anilines is 2. The number of nitrogens with one attached hydrogen (secondary N) is 2. The molecule has 1 aliphatic rings. The monoisotopic (exact) mass is 277 g/mol. The highest BCUT2D eigenvalue weighted by atomic mass is 16.1. The summed E-state index contributed by atoms with van der Waals surface area (Å²) in [5.41, 5.74) is 0. The molecule has 0 bridgehead atoms. The zero-order chi connectivity index (χ0) is 14.4. The summed E-state index contributed by atoms with van der Waals surface area (Å²) in [6.45, 7) is 7.18. The van der Waals surface area contributed by atoms with Gasteiger partial charge in [0.1, 0.15) is 17.5 Å². The molecular weight excluding hydrogens is 254 g/mol. The first-order valence-corrected chi connectivity index (χ1v) is 7.36. The fourth-order valence-electron chi connectivity index (χ4n) is 2.25. The molecule has 2 rings (SSSR count). The second kappa shape index (κ2) is 7.07. The molecule has 1 saturated heterocycles. The van der Waals surface area contributed by atoms with E-state index in [-0.39, 0.29) is 5.91 Å². The van der Waals surface area contributed by atoms with Crippen molar-refractivity contribution >= 4 is 17.5 Å². The van der Waals surface area contributed by atoms with Crippen molar-refractivity contribution in [3.63, 3.8) is 0 Å². The van der Waals surface area contributed by atoms with E-state index in [1.165, 1.54) is 0 Å². The van der Waals surface area contributed by atoms with Crippen LogP contribution in [0.15, 0.2) is 6.07 Å². The van der Waals surface area contributed by atoms with Crippen LogP contribution in [0, 0.1) is 0 Å². The highest BCUT2D eigenvalue weighted by Crippen LogP contribution is 2.17. The quantitative estimate of drug-likeness (QED) is 0.846. The topological polar surface area (TPSA) is 70.2 Å². The van der Waals surface area contributed by atoms with Crippen LogP contribution in [0.3, 0.4) is 0 Å². The van der Waals surface area contributed by atoms with Crippen LogP contribution in [0.5, 0.6) is 0 Å². The van der Waals surface area contributed by atoms with Gasteiger partial charge in [0.25, 0.3) is 0 Å². The predicted molar refractivity (Wildman–Crippen MR) is 80.0 cm³/mol. The van der Waals surface area contributed by atoms with Crippen LogP contribution in [-0.2, 0) is 11.2 Å². The van der Waals surface area contributed by atoms with E-state index in [1.807, 2.05) is 6.07 Å². The zero-order valence-corrected chi connectivity index (χ0v) is 12.3. The molecule has 1 fully saturated rings. The molecule has 2 heterocycles. The minimum atomic E-state index is 0.113. The van der Waals surface area contributed by atoms with E-state index < -0.39 is 0 Å². The van der Waals surface area contributed by atoms with Gasteiger partial charge in [-0.15, -0.1) is 0 Å². The van der Waals surface area contributed by atoms with E-state index in [0.717, 1.165) is 43.4 Å². The highest BCUT2D eigenvalue weighted by molar-refractivity contribution is 5.77. The minimum absolute atomic E-state index is 0.113. The number of rotatable bonds is 5. The van der Waals surface area contributed by atoms with Crippen molar-refractivity contribution in [2.75, 3.05) is 36.4 Å². The number of carbonyl (C=O) groups excluding carboxylic acids is 1. The molecule has 1 aliphatic heterocycles. The Bertz CT molecular complexity index is 439. The van der Waals surface area contributed by atoms with E-state index in [0.29, 0.717) is 19.5 Å². The number of carbonyl (C=O) groups is 1. The molecule has 110 valence electrons. The first kappa shape index (κ1) is 14.6. The maximum Gasteiger partial charge on any atom is 0.221 e. The minimum Gasteiger partial charge on any atom is -0.370 e. The summed E-state index contributed by atoms with van der Waals surface area (Å²) in [7, 11) is 0. The van der Waals surface area contributed by atoms with Gasteiger partial charge in [0, 0.05) is 45.1 Å². The van der Waals surface area contributed by atoms with Gasteiger partial charge in [0.05, 0.1) is 0 Å². The van der Waals surface area contributed by atoms with Crippen LogP contribution in [-0.4, -0.2) is 42.1 Å². The van der Waals surface area contributed by atoms with Gasteiger partial charge in [-0.2, -0.15) is 0 Å². The number of amides is 1. The fraction of sp³-hybridized carbons (Fsp3) is 0.643. The average molecular weight is 277 g/mol. The van der Waals surface area contributed by atoms with Crippen molar-refractivity contribution in [1.82, 2.24) is 15.3 Å². The van der Waals surface area contributed by atoms with E-state index in [2.05, 4.69) is 39.3 Å². The second-order valence-corrected chi connectivity index (χ2v) is 4.89. The largest absolute Gasteiger partial charge is 0.370 e. The van der Waals surface area contributed by atoms with Gasteiger partial charge in [-0.05, 0) is 13.3 Å². The Morgan fingerprint density at radius 3 is 2.95 bits per heavy atom. The fourth-order valence-corrected chi connectivity index (χ4v) is 2.25. The number of nitrogens with zero attached hydrogens (tertiary/aromatic N) is 3. The Balaban J connectivity index is 2.21. The molecule has 1 aromatic rings. The van der Waals surface area contributed by atoms with Gasteiger partial charge in [-0.3, -0.25) is 4.79 Å². The molecule has 0 unspecified atom stereocenters. The molecule has 0 saturated carbocycles. The van der Waals surface area contributed by atoms with Crippen molar-refractivity contribution in [1.29, 1.82) is 0 Å². The van der Waals surface area contributed by atoms with Crippen molar-refractivity contribution in [3.8, 4) is 0 Å². The van der Waals surface area contributed by atoms with E-state index >= 15 is 0 Å². The zero-order valence-electron chi connectivity index (χ0n) is 12.3. The molecule has 0 atom stereocenters. The van der Waals surface area contributed by atoms with Crippen LogP contribution in [0.1, 0.15) is 32.5 Å². The molecule has 1 aromatic heterocycles. The maximum atomic E-state index is 11.4. The highest BCUT2D eigenvalue weighted by Gasteiger charge is 2.16. The van der Waals surface area contributed by atoms with Gasteiger partial charge in [-0.1, -0.05) is 6.92 Å². The third-order valence-electron chi connectivity index (χ3n) is 3.23. The molecule has 6 heteroatoms. The van der Waals surface area contributed by atoms with Gasteiger partial charge in [0.2, 0.25) is 5.91 Å². The third kappa shape index (κ3) is 3.82. The molecule has 2 N–H and O–H groups in total. The van der Waals surface area contributed by atoms with Crippen molar-refractivity contribution in [2.24, 2.45) is 0 Å². The van der Waals surface area contributed by atoms with Crippen molar-refractivity contribution < 1.29 is 4.79 Å². The summed E-state index contributed by atoms with van der Waals surface area (Å²) >= 11 is 0. The molecule has 6 nitrogen and oxygen atoms in total. The van der Waals surface area contributed by atoms with Gasteiger partial charge in [0.15, 0.2) is 0 Å². The molecule has 0 aliphatic carbocycles. The number of aryl methyl sites for hydroxylation is 1. The van der Waals surface area contributed by atoms with Crippen molar-refractivity contribution in [3.05, 3.63) is 11.9 Å². The molecule has 20 heavy (non-hydrogen) atoms. The molecular formula is C14H23N5O. The molecule has 0 aromatic carbocycles. The number of hydrogen-bond donors (Lipinski definition) is 2. The lowest BCUT2D eigenvalue weighted by Gasteiger charge is -2.21. The van der Waals surface area contributed by atoms with E-state index in [9.17, 15) is 4.79 Å². The third-order valence-corrected chi connectivity index (χ3v) is 3.23. The van der Waals surface area contributed by atoms with Crippen LogP contribution in [0.25, 0.3) is 0 Å². The Kier molecular flexibility index (Phi) is 5.15. The summed E-state index contributed by atoms with van der Waals surface area (Å²) < 4.78 is 0. The maximum absolute atomic E-state index is 11.4. The summed E-state index contributed by atoms with van der Waals surface area (Å²) in [5.74, 6) is 2.76. The average Bonchev–Trinajstić information content (AvgIpc) is 2.64. The molecule has 1 amide bonds. The van der Waals surface area contributed by atoms with Gasteiger partial charge < -0.3 is 15.5 Å². The van der Waals surface area contributed by atoms with Crippen LogP contribution in [0.4, 0.5) is 11.6 Å². The summed E-state index contributed by atoms with van der Waals surface area (Å²) in [4.78, 5) is 22.7. The van der Waals surface area contributed by atoms with E-state index in [4.69, 9.17) is 0 Å². The van der Waals surface area contributed by atoms with Gasteiger partial charge in [-0.25, -0.2) is 9.97 Å². The first-order valence-electron chi connectivity index (χ1n) is 7.36. The predicted octanol–water partition coefficient (Wildman–Crippen LogP) is 1.19. The van der Waals surface area contributed by atoms with Crippen molar-refractivity contribution in [2.45, 2.75) is 33.1 Å². The smallest absolute Gasteiger partial charge is 0.221 e. The van der Waals surface area contributed by atoms with Crippen LogP contribution in [0.2, 0.25) is 0 Å². The van der Waals surface area contributed by atoms with Crippen LogP contribution >= 0.6 is 0 Å². The Labute approximate surface area is 120 Å². The number of aromatic nitrogens is 2. The summed E-state index contributed by atoms with van der Waals surface area (Å²) in [5, 5.41) is 6.13.